The van der Waals surface area contributed by atoms with Crippen molar-refractivity contribution in [3.63, 3.8) is 0 Å². The maximum atomic E-state index is 11.7. The fourth-order valence-electron chi connectivity index (χ4n) is 2.07. The summed E-state index contributed by atoms with van der Waals surface area (Å²) in [5.41, 5.74) is 1.20. The molecule has 3 nitrogen and oxygen atoms in total. The molecular formula is C12H16NO2+. The Hall–Kier alpha value is -1.35. The predicted molar refractivity (Wildman–Crippen MR) is 57.2 cm³/mol. The van der Waals surface area contributed by atoms with E-state index >= 15 is 0 Å². The van der Waals surface area contributed by atoms with Crippen molar-refractivity contribution in [2.45, 2.75) is 13.0 Å². The molecule has 3 heteroatoms. The molecule has 0 N–H and O–H groups in total. The number of hydrogen-bond acceptors (Lipinski definition) is 2. The van der Waals surface area contributed by atoms with Crippen LogP contribution in [0.2, 0.25) is 0 Å². The number of benzene rings is 1. The van der Waals surface area contributed by atoms with Crippen molar-refractivity contribution in [3.8, 4) is 0 Å². The van der Waals surface area contributed by atoms with Crippen molar-refractivity contribution >= 4 is 6.09 Å². The van der Waals surface area contributed by atoms with Gasteiger partial charge >= 0.3 is 6.09 Å². The van der Waals surface area contributed by atoms with E-state index in [1.165, 1.54) is 12.7 Å². The smallest absolute Gasteiger partial charge is 0.423 e. The van der Waals surface area contributed by atoms with Gasteiger partial charge in [-0.3, -0.25) is 0 Å². The van der Waals surface area contributed by atoms with E-state index in [0.29, 0.717) is 4.48 Å². The molecule has 0 radical (unpaired) electrons. The predicted octanol–water partition coefficient (Wildman–Crippen LogP) is 2.17. The highest BCUT2D eigenvalue weighted by molar-refractivity contribution is 5.60. The molecule has 0 bridgehead atoms. The summed E-state index contributed by atoms with van der Waals surface area (Å²) in [6.45, 7) is 2.57. The number of carbonyl (C=O) groups is 1. The maximum Gasteiger partial charge on any atom is 0.516 e. The van der Waals surface area contributed by atoms with E-state index in [1.54, 1.807) is 0 Å². The Labute approximate surface area is 89.9 Å². The summed E-state index contributed by atoms with van der Waals surface area (Å²) >= 11 is 0. The van der Waals surface area contributed by atoms with Gasteiger partial charge in [0, 0.05) is 12.0 Å². The van der Waals surface area contributed by atoms with E-state index in [4.69, 9.17) is 4.74 Å². The van der Waals surface area contributed by atoms with Crippen LogP contribution in [0, 0.1) is 0 Å². The summed E-state index contributed by atoms with van der Waals surface area (Å²) < 4.78 is 5.32. The molecule has 0 spiro atoms. The third-order valence-corrected chi connectivity index (χ3v) is 3.06. The van der Waals surface area contributed by atoms with E-state index in [2.05, 4.69) is 12.1 Å². The second-order valence-electron chi connectivity index (χ2n) is 4.06. The molecule has 15 heavy (non-hydrogen) atoms. The molecule has 1 heterocycles. The summed E-state index contributed by atoms with van der Waals surface area (Å²) in [5.74, 6) is 0. The Bertz CT molecular complexity index is 344. The van der Waals surface area contributed by atoms with E-state index in [1.807, 2.05) is 18.2 Å². The second kappa shape index (κ2) is 4.03. The van der Waals surface area contributed by atoms with Crippen LogP contribution in [-0.2, 0) is 11.3 Å². The quantitative estimate of drug-likeness (QED) is 0.693. The Morgan fingerprint density at radius 3 is 2.47 bits per heavy atom. The summed E-state index contributed by atoms with van der Waals surface area (Å²) in [7, 11) is 1.46. The summed E-state index contributed by atoms with van der Waals surface area (Å²) in [6, 6.07) is 10.1. The number of likely N-dealkylation sites (tertiary alicyclic amines) is 1. The highest BCUT2D eigenvalue weighted by atomic mass is 16.5. The van der Waals surface area contributed by atoms with E-state index in [0.717, 1.165) is 26.1 Å². The Kier molecular flexibility index (Phi) is 2.73. The lowest BCUT2D eigenvalue weighted by atomic mass is 10.1. The van der Waals surface area contributed by atoms with Crippen molar-refractivity contribution in [1.82, 2.24) is 0 Å². The molecule has 1 aromatic carbocycles. The molecule has 0 atom stereocenters. The normalized spacial score (nSPS) is 17.9. The molecule has 1 fully saturated rings. The molecule has 0 aromatic heterocycles. The first kappa shape index (κ1) is 10.2. The van der Waals surface area contributed by atoms with Gasteiger partial charge in [0.25, 0.3) is 0 Å². The molecule has 1 aliphatic rings. The van der Waals surface area contributed by atoms with Crippen LogP contribution in [0.5, 0.6) is 0 Å². The zero-order valence-corrected chi connectivity index (χ0v) is 8.98. The van der Waals surface area contributed by atoms with Gasteiger partial charge in [0.1, 0.15) is 6.54 Å². The summed E-state index contributed by atoms with van der Waals surface area (Å²) in [5, 5.41) is 0. The monoisotopic (exact) mass is 206 g/mol. The average Bonchev–Trinajstić information content (AvgIpc) is 2.24. The van der Waals surface area contributed by atoms with Crippen molar-refractivity contribution in [2.24, 2.45) is 0 Å². The van der Waals surface area contributed by atoms with Crippen LogP contribution in [0.15, 0.2) is 30.3 Å². The first-order chi connectivity index (χ1) is 7.27. The number of quaternary nitrogens is 1. The average molecular weight is 206 g/mol. The number of nitrogens with zero attached hydrogens (tertiary/aromatic N) is 1. The first-order valence-corrected chi connectivity index (χ1v) is 5.25. The first-order valence-electron chi connectivity index (χ1n) is 5.25. The Morgan fingerprint density at radius 2 is 2.00 bits per heavy atom. The van der Waals surface area contributed by atoms with Gasteiger partial charge in [-0.1, -0.05) is 30.3 Å². The van der Waals surface area contributed by atoms with E-state index < -0.39 is 0 Å². The second-order valence-corrected chi connectivity index (χ2v) is 4.06. The van der Waals surface area contributed by atoms with E-state index in [9.17, 15) is 4.79 Å². The molecule has 1 saturated heterocycles. The standard InChI is InChI=1S/C12H16NO2/c1-15-12(14)13(8-5-9-13)10-11-6-3-2-4-7-11/h2-4,6-7H,5,8-10H2,1H3/q+1. The SMILES string of the molecule is COC(=O)[N+]1(Cc2ccccc2)CCC1. The van der Waals surface area contributed by atoms with Crippen LogP contribution in [0.4, 0.5) is 4.79 Å². The molecule has 80 valence electrons. The van der Waals surface area contributed by atoms with Gasteiger partial charge in [-0.15, -0.1) is 0 Å². The fraction of sp³-hybridized carbons (Fsp3) is 0.417. The zero-order valence-electron chi connectivity index (χ0n) is 8.98. The van der Waals surface area contributed by atoms with Crippen LogP contribution in [0.25, 0.3) is 0 Å². The molecule has 2 rings (SSSR count). The van der Waals surface area contributed by atoms with Gasteiger partial charge in [0.15, 0.2) is 0 Å². The molecule has 1 aromatic rings. The largest absolute Gasteiger partial charge is 0.516 e. The minimum atomic E-state index is -0.106. The molecule has 0 saturated carbocycles. The molecule has 1 aliphatic heterocycles. The third-order valence-electron chi connectivity index (χ3n) is 3.06. The fourth-order valence-corrected chi connectivity index (χ4v) is 2.07. The number of amides is 1. The molecule has 0 unspecified atom stereocenters. The van der Waals surface area contributed by atoms with Gasteiger partial charge in [0.2, 0.25) is 0 Å². The number of hydrogen-bond donors (Lipinski definition) is 0. The van der Waals surface area contributed by atoms with Crippen LogP contribution < -0.4 is 0 Å². The lowest BCUT2D eigenvalue weighted by molar-refractivity contribution is -0.908. The lowest BCUT2D eigenvalue weighted by Crippen LogP contribution is -2.60. The number of rotatable bonds is 2. The van der Waals surface area contributed by atoms with Crippen molar-refractivity contribution in [2.75, 3.05) is 20.2 Å². The molecule has 1 amide bonds. The third kappa shape index (κ3) is 1.88. The molecule has 0 aliphatic carbocycles. The minimum Gasteiger partial charge on any atom is -0.423 e. The van der Waals surface area contributed by atoms with Crippen LogP contribution in [-0.4, -0.2) is 30.8 Å². The van der Waals surface area contributed by atoms with Gasteiger partial charge < -0.3 is 4.74 Å². The van der Waals surface area contributed by atoms with Crippen LogP contribution in [0.1, 0.15) is 12.0 Å². The maximum absolute atomic E-state index is 11.7. The van der Waals surface area contributed by atoms with Crippen LogP contribution >= 0.6 is 0 Å². The van der Waals surface area contributed by atoms with E-state index in [-0.39, 0.29) is 6.09 Å². The van der Waals surface area contributed by atoms with Crippen molar-refractivity contribution in [3.05, 3.63) is 35.9 Å². The van der Waals surface area contributed by atoms with Gasteiger partial charge in [-0.05, 0) is 0 Å². The van der Waals surface area contributed by atoms with Gasteiger partial charge in [-0.2, -0.15) is 4.79 Å². The Balaban J connectivity index is 2.12. The highest BCUT2D eigenvalue weighted by Crippen LogP contribution is 2.25. The minimum absolute atomic E-state index is 0.106. The summed E-state index contributed by atoms with van der Waals surface area (Å²) in [4.78, 5) is 11.7. The van der Waals surface area contributed by atoms with Crippen molar-refractivity contribution < 1.29 is 14.0 Å². The zero-order chi connectivity index (χ0) is 10.7. The number of methoxy groups -OCH3 is 1. The topological polar surface area (TPSA) is 26.3 Å². The van der Waals surface area contributed by atoms with Gasteiger partial charge in [0.05, 0.1) is 20.2 Å². The van der Waals surface area contributed by atoms with Gasteiger partial charge in [-0.25, -0.2) is 4.48 Å². The number of carbonyl (C=O) groups excluding carboxylic acids is 1. The lowest BCUT2D eigenvalue weighted by Gasteiger charge is -2.40. The highest BCUT2D eigenvalue weighted by Gasteiger charge is 2.44. The van der Waals surface area contributed by atoms with Crippen molar-refractivity contribution in [1.29, 1.82) is 0 Å². The number of ether oxygens (including phenoxy) is 1. The summed E-state index contributed by atoms with van der Waals surface area (Å²) in [6.07, 6.45) is 1.01. The van der Waals surface area contributed by atoms with Crippen LogP contribution in [0.3, 0.4) is 0 Å². The molecular weight excluding hydrogens is 190 g/mol. The Morgan fingerprint density at radius 1 is 1.33 bits per heavy atom.